The van der Waals surface area contributed by atoms with Crippen LogP contribution in [-0.4, -0.2) is 5.91 Å². The number of rotatable bonds is 7. The molecule has 1 aliphatic heterocycles. The number of benzene rings is 2. The number of fused-ring (bicyclic) bond motifs is 1. The van der Waals surface area contributed by atoms with Gasteiger partial charge in [0.2, 0.25) is 5.91 Å². The Balaban J connectivity index is 1.80. The van der Waals surface area contributed by atoms with Gasteiger partial charge >= 0.3 is 0 Å². The van der Waals surface area contributed by atoms with Crippen LogP contribution in [0.3, 0.4) is 0 Å². The number of amides is 1. The smallest absolute Gasteiger partial charge is 0.249 e. The quantitative estimate of drug-likeness (QED) is 0.661. The molecule has 1 amide bonds. The van der Waals surface area contributed by atoms with Crippen molar-refractivity contribution in [1.82, 2.24) is 10.9 Å². The lowest BCUT2D eigenvalue weighted by molar-refractivity contribution is -0.125. The summed E-state index contributed by atoms with van der Waals surface area (Å²) >= 11 is 0. The fourth-order valence-corrected chi connectivity index (χ4v) is 3.50. The summed E-state index contributed by atoms with van der Waals surface area (Å²) in [6.07, 6.45) is 9.81. The van der Waals surface area contributed by atoms with Crippen molar-refractivity contribution in [1.29, 1.82) is 0 Å². The maximum absolute atomic E-state index is 12.0. The maximum Gasteiger partial charge on any atom is 0.249 e. The summed E-state index contributed by atoms with van der Waals surface area (Å²) in [7, 11) is 0. The van der Waals surface area contributed by atoms with Gasteiger partial charge in [-0.2, -0.15) is 0 Å². The van der Waals surface area contributed by atoms with Crippen LogP contribution in [0, 0.1) is 5.41 Å². The molecule has 0 aliphatic carbocycles. The second kappa shape index (κ2) is 7.94. The van der Waals surface area contributed by atoms with E-state index in [9.17, 15) is 4.79 Å². The van der Waals surface area contributed by atoms with E-state index in [-0.39, 0.29) is 5.91 Å². The van der Waals surface area contributed by atoms with Gasteiger partial charge in [0.25, 0.3) is 0 Å². The first-order valence-corrected chi connectivity index (χ1v) is 9.82. The van der Waals surface area contributed by atoms with Crippen LogP contribution in [0.4, 0.5) is 0 Å². The predicted molar refractivity (Wildman–Crippen MR) is 109 cm³/mol. The highest BCUT2D eigenvalue weighted by Crippen LogP contribution is 2.31. The van der Waals surface area contributed by atoms with Crippen LogP contribution < -0.4 is 10.9 Å². The van der Waals surface area contributed by atoms with Gasteiger partial charge in [0.15, 0.2) is 0 Å². The summed E-state index contributed by atoms with van der Waals surface area (Å²) < 4.78 is 0. The van der Waals surface area contributed by atoms with Gasteiger partial charge in [0.1, 0.15) is 0 Å². The van der Waals surface area contributed by atoms with Crippen LogP contribution >= 0.6 is 0 Å². The minimum atomic E-state index is -0.527. The first kappa shape index (κ1) is 18.5. The minimum absolute atomic E-state index is 0.00865. The molecule has 1 fully saturated rings. The average Bonchev–Trinajstić information content (AvgIpc) is 2.88. The Morgan fingerprint density at radius 2 is 1.81 bits per heavy atom. The van der Waals surface area contributed by atoms with E-state index in [0.717, 1.165) is 17.7 Å². The Bertz CT molecular complexity index is 820. The van der Waals surface area contributed by atoms with Crippen LogP contribution in [0.15, 0.2) is 42.1 Å². The third-order valence-corrected chi connectivity index (χ3v) is 5.40. The van der Waals surface area contributed by atoms with Crippen molar-refractivity contribution >= 4 is 22.8 Å². The van der Waals surface area contributed by atoms with Crippen LogP contribution in [0.25, 0.3) is 16.8 Å². The third kappa shape index (κ3) is 3.92. The molecule has 3 rings (SSSR count). The summed E-state index contributed by atoms with van der Waals surface area (Å²) in [6, 6.07) is 13.2. The summed E-state index contributed by atoms with van der Waals surface area (Å²) in [4.78, 5) is 12.0. The Kier molecular flexibility index (Phi) is 5.65. The molecule has 1 aliphatic rings. The van der Waals surface area contributed by atoms with Crippen molar-refractivity contribution in [3.63, 3.8) is 0 Å². The summed E-state index contributed by atoms with van der Waals surface area (Å²) in [5.74, 6) is 0.00865. The zero-order chi connectivity index (χ0) is 18.6. The first-order valence-electron chi connectivity index (χ1n) is 9.82. The molecule has 0 saturated carbocycles. The highest BCUT2D eigenvalue weighted by Gasteiger charge is 2.37. The molecule has 26 heavy (non-hydrogen) atoms. The molecule has 0 atom stereocenters. The van der Waals surface area contributed by atoms with E-state index >= 15 is 0 Å². The largest absolute Gasteiger partial charge is 0.302 e. The van der Waals surface area contributed by atoms with Gasteiger partial charge in [-0.05, 0) is 54.7 Å². The topological polar surface area (TPSA) is 41.1 Å². The predicted octanol–water partition coefficient (Wildman–Crippen LogP) is 5.35. The van der Waals surface area contributed by atoms with Gasteiger partial charge in [-0.1, -0.05) is 69.0 Å². The number of hydrazine groups is 1. The van der Waals surface area contributed by atoms with Crippen molar-refractivity contribution in [2.75, 3.05) is 0 Å². The van der Waals surface area contributed by atoms with Crippen LogP contribution in [0.5, 0.6) is 0 Å². The molecule has 0 unspecified atom stereocenters. The van der Waals surface area contributed by atoms with Crippen LogP contribution in [0.2, 0.25) is 0 Å². The Hall–Kier alpha value is -2.29. The lowest BCUT2D eigenvalue weighted by atomic mass is 9.88. The molecular weight excluding hydrogens is 320 g/mol. The van der Waals surface area contributed by atoms with E-state index in [2.05, 4.69) is 60.2 Å². The summed E-state index contributed by atoms with van der Waals surface area (Å²) in [5, 5.41) is 2.49. The Morgan fingerprint density at radius 1 is 1.00 bits per heavy atom. The molecule has 0 bridgehead atoms. The molecule has 138 valence electrons. The number of nitrogens with one attached hydrogen (secondary N) is 2. The molecular formula is C23H30N2O. The molecule has 2 aromatic carbocycles. The van der Waals surface area contributed by atoms with Crippen molar-refractivity contribution in [2.24, 2.45) is 5.41 Å². The van der Waals surface area contributed by atoms with Gasteiger partial charge in [-0.3, -0.25) is 10.2 Å². The number of hydrogen-bond acceptors (Lipinski definition) is 2. The molecule has 2 aromatic rings. The van der Waals surface area contributed by atoms with Crippen molar-refractivity contribution in [3.8, 4) is 0 Å². The molecule has 3 heteroatoms. The average molecular weight is 351 g/mol. The molecule has 2 N–H and O–H groups in total. The number of carbonyl (C=O) groups is 1. The highest BCUT2D eigenvalue weighted by molar-refractivity contribution is 5.94. The normalized spacial score (nSPS) is 17.5. The van der Waals surface area contributed by atoms with Crippen LogP contribution in [-0.2, 0) is 11.2 Å². The Morgan fingerprint density at radius 3 is 2.54 bits per heavy atom. The second-order valence-electron chi connectivity index (χ2n) is 7.83. The molecule has 1 saturated heterocycles. The minimum Gasteiger partial charge on any atom is -0.302 e. The van der Waals surface area contributed by atoms with E-state index < -0.39 is 5.41 Å². The fraction of sp³-hybridized carbons (Fsp3) is 0.435. The van der Waals surface area contributed by atoms with Crippen molar-refractivity contribution in [3.05, 3.63) is 53.2 Å². The lowest BCUT2D eigenvalue weighted by Gasteiger charge is -2.15. The lowest BCUT2D eigenvalue weighted by Crippen LogP contribution is -2.28. The fourth-order valence-electron chi connectivity index (χ4n) is 3.50. The highest BCUT2D eigenvalue weighted by atomic mass is 16.2. The monoisotopic (exact) mass is 350 g/mol. The van der Waals surface area contributed by atoms with Gasteiger partial charge < -0.3 is 5.43 Å². The van der Waals surface area contributed by atoms with Gasteiger partial charge in [0, 0.05) is 5.70 Å². The van der Waals surface area contributed by atoms with Gasteiger partial charge in [-0.25, -0.2) is 0 Å². The summed E-state index contributed by atoms with van der Waals surface area (Å²) in [5.41, 5.74) is 8.68. The first-order chi connectivity index (χ1) is 12.5. The van der Waals surface area contributed by atoms with E-state index in [4.69, 9.17) is 0 Å². The standard InChI is InChI=1S/C23H30N2O/c1-4-5-6-7-8-10-17-13-14-20-18(15-17)11-9-12-19(20)16-21-23(2,3)22(26)25-24-21/h9,11-16,24H,4-8,10H2,1-3H3,(H,25,26)/b21-16-. The number of carbonyl (C=O) groups excluding carboxylic acids is 1. The molecule has 0 radical (unpaired) electrons. The van der Waals surface area contributed by atoms with Crippen molar-refractivity contribution < 1.29 is 4.79 Å². The Labute approximate surface area is 156 Å². The molecule has 1 heterocycles. The second-order valence-corrected chi connectivity index (χ2v) is 7.83. The molecule has 0 spiro atoms. The molecule has 3 nitrogen and oxygen atoms in total. The zero-order valence-corrected chi connectivity index (χ0v) is 16.2. The third-order valence-electron chi connectivity index (χ3n) is 5.40. The van der Waals surface area contributed by atoms with Gasteiger partial charge in [-0.15, -0.1) is 0 Å². The van der Waals surface area contributed by atoms with E-state index in [1.54, 1.807) is 0 Å². The number of hydrogen-bond donors (Lipinski definition) is 2. The zero-order valence-electron chi connectivity index (χ0n) is 16.2. The molecule has 0 aromatic heterocycles. The van der Waals surface area contributed by atoms with E-state index in [0.29, 0.717) is 0 Å². The van der Waals surface area contributed by atoms with Crippen LogP contribution in [0.1, 0.15) is 64.0 Å². The van der Waals surface area contributed by atoms with Crippen molar-refractivity contribution in [2.45, 2.75) is 59.3 Å². The van der Waals surface area contributed by atoms with E-state index in [1.165, 1.54) is 48.4 Å². The number of aryl methyl sites for hydroxylation is 1. The summed E-state index contributed by atoms with van der Waals surface area (Å²) in [6.45, 7) is 6.14. The number of unbranched alkanes of at least 4 members (excludes halogenated alkanes) is 4. The van der Waals surface area contributed by atoms with E-state index in [1.807, 2.05) is 13.8 Å². The van der Waals surface area contributed by atoms with Gasteiger partial charge in [0.05, 0.1) is 5.41 Å². The maximum atomic E-state index is 12.0. The SMILES string of the molecule is CCCCCCCc1ccc2c(/C=C3\NNC(=O)C3(C)C)cccc2c1.